The maximum Gasteiger partial charge on any atom is 0.345 e. The minimum Gasteiger partial charge on any atom is -0.350 e. The Kier molecular flexibility index (Phi) is 3.45. The van der Waals surface area contributed by atoms with Crippen LogP contribution in [0.5, 0.6) is 0 Å². The number of hydrogen-bond acceptors (Lipinski definition) is 6. The van der Waals surface area contributed by atoms with Gasteiger partial charge in [0.2, 0.25) is 5.91 Å². The van der Waals surface area contributed by atoms with Crippen LogP contribution in [0.1, 0.15) is 50.8 Å². The average molecular weight is 398 g/mol. The van der Waals surface area contributed by atoms with Gasteiger partial charge in [-0.05, 0) is 62.0 Å². The molecule has 1 aliphatic heterocycles. The first-order valence-electron chi connectivity index (χ1n) is 10.6. The summed E-state index contributed by atoms with van der Waals surface area (Å²) in [4.78, 5) is 27.4. The number of aromatic nitrogens is 7. The molecule has 4 bridgehead atoms. The molecule has 1 amide bonds. The molecule has 29 heavy (non-hydrogen) atoms. The van der Waals surface area contributed by atoms with E-state index in [1.165, 1.54) is 17.4 Å². The lowest BCUT2D eigenvalue weighted by Gasteiger charge is -2.61. The third kappa shape index (κ3) is 2.53. The Balaban J connectivity index is 1.25. The van der Waals surface area contributed by atoms with Crippen molar-refractivity contribution in [3.8, 4) is 0 Å². The molecule has 154 valence electrons. The molecule has 10 heteroatoms. The molecule has 0 saturated heterocycles. The number of aryl methyl sites for hydroxylation is 2. The molecule has 0 radical (unpaired) electrons. The second kappa shape index (κ2) is 5.76. The molecule has 0 aromatic carbocycles. The Labute approximate surface area is 167 Å². The summed E-state index contributed by atoms with van der Waals surface area (Å²) in [7, 11) is 1.66. The molecule has 5 atom stereocenters. The Hall–Kier alpha value is -2.52. The highest BCUT2D eigenvalue weighted by Crippen LogP contribution is 2.60. The Morgan fingerprint density at radius 1 is 1.24 bits per heavy atom. The van der Waals surface area contributed by atoms with Gasteiger partial charge < -0.3 is 5.32 Å². The van der Waals surface area contributed by atoms with Crippen LogP contribution in [0.2, 0.25) is 0 Å². The number of fused-ring (bicyclic) bond motifs is 1. The number of hydrogen-bond donors (Lipinski definition) is 1. The first kappa shape index (κ1) is 17.3. The molecule has 4 aliphatic carbocycles. The molecular weight excluding hydrogens is 372 g/mol. The van der Waals surface area contributed by atoms with Gasteiger partial charge in [0.25, 0.3) is 0 Å². The Morgan fingerprint density at radius 2 is 2.03 bits per heavy atom. The van der Waals surface area contributed by atoms with E-state index in [-0.39, 0.29) is 28.6 Å². The minimum absolute atomic E-state index is 0.0788. The fraction of sp³-hybridized carbons (Fsp3) is 0.789. The lowest BCUT2D eigenvalue weighted by atomic mass is 9.50. The number of amides is 1. The van der Waals surface area contributed by atoms with Crippen LogP contribution in [-0.2, 0) is 30.3 Å². The van der Waals surface area contributed by atoms with Crippen LogP contribution in [0.25, 0.3) is 0 Å². The summed E-state index contributed by atoms with van der Waals surface area (Å²) < 4.78 is 3.03. The van der Waals surface area contributed by atoms with E-state index < -0.39 is 0 Å². The van der Waals surface area contributed by atoms with Crippen molar-refractivity contribution in [3.05, 3.63) is 22.6 Å². The van der Waals surface area contributed by atoms with E-state index in [2.05, 4.69) is 25.8 Å². The Bertz CT molecular complexity index is 1010. The van der Waals surface area contributed by atoms with Crippen molar-refractivity contribution in [2.45, 2.75) is 69.0 Å². The van der Waals surface area contributed by atoms with Gasteiger partial charge in [-0.1, -0.05) is 0 Å². The Morgan fingerprint density at radius 3 is 2.76 bits per heavy atom. The standard InChI is InChI=1S/C19H26N8O2/c1-25-17(29)26-9-14(2-3-15(26)23-25)16(28)22-18-5-12-4-13(6-18)8-19(7-12,10-18)27-21-11-20-24-27/h11-14H,2-10H2,1H3,(H,22,28)/t12-,13+,14-,18?,19?/m1/s1. The SMILES string of the molecule is Cn1nc2n(c1=O)C[C@H](C(=O)NC13C[C@H]4C[C@@H](C1)CC(n1ncnn1)(C4)C3)CC2. The summed E-state index contributed by atoms with van der Waals surface area (Å²) in [5.41, 5.74) is -0.438. The van der Waals surface area contributed by atoms with E-state index in [0.29, 0.717) is 24.8 Å². The van der Waals surface area contributed by atoms with E-state index in [1.807, 2.05) is 4.80 Å². The van der Waals surface area contributed by atoms with Crippen LogP contribution in [0, 0.1) is 17.8 Å². The molecular formula is C19H26N8O2. The van der Waals surface area contributed by atoms with Crippen molar-refractivity contribution in [2.75, 3.05) is 0 Å². The summed E-state index contributed by atoms with van der Waals surface area (Å²) in [5, 5.41) is 20.3. The molecule has 1 N–H and O–H groups in total. The van der Waals surface area contributed by atoms with E-state index >= 15 is 0 Å². The van der Waals surface area contributed by atoms with Gasteiger partial charge in [0.05, 0.1) is 11.5 Å². The van der Waals surface area contributed by atoms with Crippen molar-refractivity contribution in [2.24, 2.45) is 24.8 Å². The van der Waals surface area contributed by atoms with Crippen molar-refractivity contribution in [1.29, 1.82) is 0 Å². The number of carbonyl (C=O) groups excluding carboxylic acids is 1. The zero-order chi connectivity index (χ0) is 19.8. The van der Waals surface area contributed by atoms with Crippen molar-refractivity contribution >= 4 is 5.91 Å². The van der Waals surface area contributed by atoms with Crippen LogP contribution in [0.15, 0.2) is 11.1 Å². The summed E-state index contributed by atoms with van der Waals surface area (Å²) in [6.07, 6.45) is 9.26. The third-order valence-corrected chi connectivity index (χ3v) is 7.77. The largest absolute Gasteiger partial charge is 0.350 e. The second-order valence-electron chi connectivity index (χ2n) is 9.85. The van der Waals surface area contributed by atoms with E-state index in [9.17, 15) is 9.59 Å². The van der Waals surface area contributed by atoms with Crippen LogP contribution < -0.4 is 11.0 Å². The lowest BCUT2D eigenvalue weighted by Crippen LogP contribution is -2.66. The molecule has 10 nitrogen and oxygen atoms in total. The fourth-order valence-corrected chi connectivity index (χ4v) is 7.09. The predicted molar refractivity (Wildman–Crippen MR) is 101 cm³/mol. The van der Waals surface area contributed by atoms with Gasteiger partial charge in [0.1, 0.15) is 5.82 Å². The normalized spacial score (nSPS) is 37.5. The molecule has 7 rings (SSSR count). The van der Waals surface area contributed by atoms with Crippen molar-refractivity contribution < 1.29 is 4.79 Å². The molecule has 2 unspecified atom stereocenters. The molecule has 4 saturated carbocycles. The first-order chi connectivity index (χ1) is 14.0. The topological polar surface area (TPSA) is 113 Å². The van der Waals surface area contributed by atoms with E-state index in [4.69, 9.17) is 0 Å². The summed E-state index contributed by atoms with van der Waals surface area (Å²) in [6.45, 7) is 0.423. The predicted octanol–water partition coefficient (Wildman–Crippen LogP) is -0.00500. The van der Waals surface area contributed by atoms with Gasteiger partial charge in [-0.2, -0.15) is 9.90 Å². The fourth-order valence-electron chi connectivity index (χ4n) is 7.09. The summed E-state index contributed by atoms with van der Waals surface area (Å²) >= 11 is 0. The lowest BCUT2D eigenvalue weighted by molar-refractivity contribution is -0.136. The van der Waals surface area contributed by atoms with Gasteiger partial charge in [-0.25, -0.2) is 9.48 Å². The average Bonchev–Trinajstić information content (AvgIpc) is 3.30. The monoisotopic (exact) mass is 398 g/mol. The molecule has 2 aromatic heterocycles. The van der Waals surface area contributed by atoms with Crippen LogP contribution in [0.3, 0.4) is 0 Å². The number of nitrogens with zero attached hydrogens (tertiary/aromatic N) is 7. The zero-order valence-electron chi connectivity index (χ0n) is 16.6. The van der Waals surface area contributed by atoms with Gasteiger partial charge >= 0.3 is 5.69 Å². The highest BCUT2D eigenvalue weighted by molar-refractivity contribution is 5.79. The number of carbonyl (C=O) groups is 1. The van der Waals surface area contributed by atoms with Crippen LogP contribution in [-0.4, -0.2) is 46.0 Å². The molecule has 4 fully saturated rings. The molecule has 5 aliphatic rings. The van der Waals surface area contributed by atoms with Gasteiger partial charge in [0.15, 0.2) is 6.33 Å². The number of rotatable bonds is 3. The van der Waals surface area contributed by atoms with Crippen LogP contribution >= 0.6 is 0 Å². The van der Waals surface area contributed by atoms with Crippen molar-refractivity contribution in [1.82, 2.24) is 39.9 Å². The zero-order valence-corrected chi connectivity index (χ0v) is 16.6. The molecule has 3 heterocycles. The smallest absolute Gasteiger partial charge is 0.345 e. The highest BCUT2D eigenvalue weighted by Gasteiger charge is 2.60. The third-order valence-electron chi connectivity index (χ3n) is 7.77. The first-order valence-corrected chi connectivity index (χ1v) is 10.6. The van der Waals surface area contributed by atoms with Crippen LogP contribution in [0.4, 0.5) is 0 Å². The van der Waals surface area contributed by atoms with Gasteiger partial charge in [-0.15, -0.1) is 10.2 Å². The summed E-state index contributed by atoms with van der Waals surface area (Å²) in [6, 6.07) is 0. The molecule has 2 aromatic rings. The maximum atomic E-state index is 13.3. The highest BCUT2D eigenvalue weighted by atomic mass is 16.2. The van der Waals surface area contributed by atoms with Crippen molar-refractivity contribution in [3.63, 3.8) is 0 Å². The van der Waals surface area contributed by atoms with Gasteiger partial charge in [-0.3, -0.25) is 9.36 Å². The quantitative estimate of drug-likeness (QED) is 0.778. The minimum atomic E-state index is -0.186. The van der Waals surface area contributed by atoms with E-state index in [1.54, 1.807) is 11.6 Å². The van der Waals surface area contributed by atoms with E-state index in [0.717, 1.165) is 44.3 Å². The number of nitrogens with one attached hydrogen (secondary N) is 1. The number of tetrazole rings is 1. The van der Waals surface area contributed by atoms with Gasteiger partial charge in [0, 0.05) is 25.6 Å². The summed E-state index contributed by atoms with van der Waals surface area (Å²) in [5.74, 6) is 1.88. The maximum absolute atomic E-state index is 13.3. The second-order valence-corrected chi connectivity index (χ2v) is 9.85. The molecule has 0 spiro atoms.